The Morgan fingerprint density at radius 2 is 2.00 bits per heavy atom. The molecule has 1 aromatic heterocycles. The van der Waals surface area contributed by atoms with E-state index >= 15 is 0 Å². The highest BCUT2D eigenvalue weighted by molar-refractivity contribution is 14.1. The summed E-state index contributed by atoms with van der Waals surface area (Å²) in [6.45, 7) is 6.34. The van der Waals surface area contributed by atoms with Gasteiger partial charge < -0.3 is 9.73 Å². The summed E-state index contributed by atoms with van der Waals surface area (Å²) in [6.07, 6.45) is 2.64. The number of nitrogens with zero attached hydrogens (tertiary/aromatic N) is 1. The van der Waals surface area contributed by atoms with Gasteiger partial charge in [-0.15, -0.1) is 0 Å². The molecule has 2 aromatic rings. The molecular formula is C15H19IN2O. The lowest BCUT2D eigenvalue weighted by Crippen LogP contribution is -2.22. The van der Waals surface area contributed by atoms with Crippen molar-refractivity contribution in [3.05, 3.63) is 39.9 Å². The van der Waals surface area contributed by atoms with Gasteiger partial charge in [0.05, 0.1) is 6.20 Å². The van der Waals surface area contributed by atoms with Gasteiger partial charge in [-0.2, -0.15) is 0 Å². The summed E-state index contributed by atoms with van der Waals surface area (Å²) >= 11 is 2.29. The zero-order valence-corrected chi connectivity index (χ0v) is 13.5. The van der Waals surface area contributed by atoms with Crippen molar-refractivity contribution in [1.29, 1.82) is 0 Å². The number of nitrogens with one attached hydrogen (secondary N) is 1. The van der Waals surface area contributed by atoms with E-state index in [1.165, 1.54) is 3.57 Å². The van der Waals surface area contributed by atoms with Crippen LogP contribution in [0.2, 0.25) is 0 Å². The van der Waals surface area contributed by atoms with Crippen LogP contribution in [-0.4, -0.2) is 18.1 Å². The first kappa shape index (κ1) is 14.5. The van der Waals surface area contributed by atoms with E-state index in [1.54, 1.807) is 6.20 Å². The number of oxazole rings is 1. The van der Waals surface area contributed by atoms with E-state index < -0.39 is 0 Å². The fourth-order valence-corrected chi connectivity index (χ4v) is 2.12. The van der Waals surface area contributed by atoms with Crippen molar-refractivity contribution < 1.29 is 4.42 Å². The highest BCUT2D eigenvalue weighted by atomic mass is 127. The average molecular weight is 370 g/mol. The van der Waals surface area contributed by atoms with Crippen LogP contribution in [0, 0.1) is 9.49 Å². The standard InChI is InChI=1S/C15H19IN2O/c1-11(2)9-17-8-7-15-18-10-14(19-15)12-3-5-13(16)6-4-12/h3-6,10-11,17H,7-9H2,1-2H3. The molecule has 0 bridgehead atoms. The molecule has 1 N–H and O–H groups in total. The number of aromatic nitrogens is 1. The molecule has 0 aliphatic carbocycles. The zero-order valence-electron chi connectivity index (χ0n) is 11.3. The minimum atomic E-state index is 0.673. The first-order valence-electron chi connectivity index (χ1n) is 6.56. The maximum atomic E-state index is 5.76. The second-order valence-corrected chi connectivity index (χ2v) is 6.22. The molecule has 0 fully saturated rings. The Morgan fingerprint density at radius 1 is 1.26 bits per heavy atom. The van der Waals surface area contributed by atoms with E-state index in [9.17, 15) is 0 Å². The Hall–Kier alpha value is -0.880. The molecule has 2 rings (SSSR count). The zero-order chi connectivity index (χ0) is 13.7. The predicted octanol–water partition coefficient (Wildman–Crippen LogP) is 3.73. The Balaban J connectivity index is 1.90. The lowest BCUT2D eigenvalue weighted by atomic mass is 10.2. The second-order valence-electron chi connectivity index (χ2n) is 4.97. The summed E-state index contributed by atoms with van der Waals surface area (Å²) in [5, 5.41) is 3.39. The average Bonchev–Trinajstić information content (AvgIpc) is 2.84. The smallest absolute Gasteiger partial charge is 0.196 e. The molecule has 0 unspecified atom stereocenters. The van der Waals surface area contributed by atoms with Crippen LogP contribution in [0.15, 0.2) is 34.9 Å². The Morgan fingerprint density at radius 3 is 2.68 bits per heavy atom. The number of rotatable bonds is 6. The number of hydrogen-bond acceptors (Lipinski definition) is 3. The Bertz CT molecular complexity index is 505. The van der Waals surface area contributed by atoms with Crippen LogP contribution < -0.4 is 5.32 Å². The molecule has 1 heterocycles. The van der Waals surface area contributed by atoms with Crippen LogP contribution >= 0.6 is 22.6 Å². The molecule has 0 saturated heterocycles. The van der Waals surface area contributed by atoms with Gasteiger partial charge in [-0.3, -0.25) is 0 Å². The molecule has 0 amide bonds. The lowest BCUT2D eigenvalue weighted by Gasteiger charge is -2.05. The topological polar surface area (TPSA) is 38.1 Å². The van der Waals surface area contributed by atoms with Crippen LogP contribution in [0.5, 0.6) is 0 Å². The molecule has 102 valence electrons. The maximum absolute atomic E-state index is 5.76. The molecular weight excluding hydrogens is 351 g/mol. The van der Waals surface area contributed by atoms with Crippen molar-refractivity contribution in [2.75, 3.05) is 13.1 Å². The maximum Gasteiger partial charge on any atom is 0.196 e. The molecule has 4 heteroatoms. The van der Waals surface area contributed by atoms with Gasteiger partial charge in [0.2, 0.25) is 0 Å². The minimum absolute atomic E-state index is 0.673. The number of halogens is 1. The summed E-state index contributed by atoms with van der Waals surface area (Å²) < 4.78 is 6.98. The fourth-order valence-electron chi connectivity index (χ4n) is 1.76. The molecule has 0 radical (unpaired) electrons. The van der Waals surface area contributed by atoms with Crippen molar-refractivity contribution in [3.63, 3.8) is 0 Å². The second kappa shape index (κ2) is 7.05. The van der Waals surface area contributed by atoms with Crippen molar-refractivity contribution in [3.8, 4) is 11.3 Å². The highest BCUT2D eigenvalue weighted by Crippen LogP contribution is 2.21. The first-order chi connectivity index (χ1) is 9.15. The van der Waals surface area contributed by atoms with E-state index in [0.717, 1.165) is 36.7 Å². The van der Waals surface area contributed by atoms with Crippen LogP contribution in [0.4, 0.5) is 0 Å². The molecule has 19 heavy (non-hydrogen) atoms. The fraction of sp³-hybridized carbons (Fsp3) is 0.400. The SMILES string of the molecule is CC(C)CNCCc1ncc(-c2ccc(I)cc2)o1. The summed E-state index contributed by atoms with van der Waals surface area (Å²) in [5.74, 6) is 2.31. The van der Waals surface area contributed by atoms with Crippen molar-refractivity contribution in [2.24, 2.45) is 5.92 Å². The van der Waals surface area contributed by atoms with E-state index in [-0.39, 0.29) is 0 Å². The van der Waals surface area contributed by atoms with Crippen LogP contribution in [0.1, 0.15) is 19.7 Å². The van der Waals surface area contributed by atoms with Gasteiger partial charge in [-0.05, 0) is 47.2 Å². The minimum Gasteiger partial charge on any atom is -0.441 e. The predicted molar refractivity (Wildman–Crippen MR) is 86.1 cm³/mol. The number of benzene rings is 1. The number of hydrogen-bond donors (Lipinski definition) is 1. The van der Waals surface area contributed by atoms with Gasteiger partial charge >= 0.3 is 0 Å². The Labute approximate surface area is 128 Å². The van der Waals surface area contributed by atoms with Gasteiger partial charge in [0, 0.05) is 22.1 Å². The monoisotopic (exact) mass is 370 g/mol. The molecule has 0 atom stereocenters. The quantitative estimate of drug-likeness (QED) is 0.622. The summed E-state index contributed by atoms with van der Waals surface area (Å²) in [6, 6.07) is 8.26. The normalized spacial score (nSPS) is 11.2. The van der Waals surface area contributed by atoms with Crippen LogP contribution in [-0.2, 0) is 6.42 Å². The van der Waals surface area contributed by atoms with Crippen LogP contribution in [0.25, 0.3) is 11.3 Å². The van der Waals surface area contributed by atoms with Gasteiger partial charge in [0.25, 0.3) is 0 Å². The molecule has 0 spiro atoms. The van der Waals surface area contributed by atoms with Crippen molar-refractivity contribution in [1.82, 2.24) is 10.3 Å². The van der Waals surface area contributed by atoms with Gasteiger partial charge in [0.15, 0.2) is 11.7 Å². The van der Waals surface area contributed by atoms with Crippen LogP contribution in [0.3, 0.4) is 0 Å². The third kappa shape index (κ3) is 4.62. The van der Waals surface area contributed by atoms with Crippen molar-refractivity contribution in [2.45, 2.75) is 20.3 Å². The highest BCUT2D eigenvalue weighted by Gasteiger charge is 2.06. The molecule has 0 saturated carbocycles. The summed E-state index contributed by atoms with van der Waals surface area (Å²) in [5.41, 5.74) is 1.08. The van der Waals surface area contributed by atoms with Gasteiger partial charge in [-0.1, -0.05) is 26.0 Å². The Kier molecular flexibility index (Phi) is 5.39. The summed E-state index contributed by atoms with van der Waals surface area (Å²) in [4.78, 5) is 4.32. The molecule has 1 aromatic carbocycles. The third-order valence-corrected chi connectivity index (χ3v) is 3.47. The van der Waals surface area contributed by atoms with E-state index in [1.807, 2.05) is 0 Å². The van der Waals surface area contributed by atoms with E-state index in [4.69, 9.17) is 4.42 Å². The van der Waals surface area contributed by atoms with Gasteiger partial charge in [-0.25, -0.2) is 4.98 Å². The molecule has 0 aliphatic heterocycles. The molecule has 3 nitrogen and oxygen atoms in total. The van der Waals surface area contributed by atoms with Crippen molar-refractivity contribution >= 4 is 22.6 Å². The first-order valence-corrected chi connectivity index (χ1v) is 7.64. The van der Waals surface area contributed by atoms with E-state index in [2.05, 4.69) is 71.0 Å². The molecule has 0 aliphatic rings. The third-order valence-electron chi connectivity index (χ3n) is 2.75. The lowest BCUT2D eigenvalue weighted by molar-refractivity contribution is 0.483. The van der Waals surface area contributed by atoms with E-state index in [0.29, 0.717) is 5.92 Å². The van der Waals surface area contributed by atoms with Gasteiger partial charge in [0.1, 0.15) is 0 Å². The largest absolute Gasteiger partial charge is 0.441 e. The summed E-state index contributed by atoms with van der Waals surface area (Å²) in [7, 11) is 0.